The molecular formula is C15H19N5S. The molecule has 5 nitrogen and oxygen atoms in total. The molecule has 3 rings (SSSR count). The van der Waals surface area contributed by atoms with Gasteiger partial charge in [-0.2, -0.15) is 0 Å². The molecule has 0 fully saturated rings. The summed E-state index contributed by atoms with van der Waals surface area (Å²) < 4.78 is 3.90. The van der Waals surface area contributed by atoms with Gasteiger partial charge in [-0.25, -0.2) is 4.99 Å². The van der Waals surface area contributed by atoms with E-state index in [4.69, 9.17) is 5.73 Å². The number of nitrogens with two attached hydrogens (primary N) is 1. The van der Waals surface area contributed by atoms with Crippen molar-refractivity contribution in [1.82, 2.24) is 9.59 Å². The van der Waals surface area contributed by atoms with Crippen LogP contribution in [0.15, 0.2) is 23.2 Å². The average molecular weight is 301 g/mol. The lowest BCUT2D eigenvalue weighted by Crippen LogP contribution is -2.24. The van der Waals surface area contributed by atoms with Gasteiger partial charge in [0.05, 0.1) is 17.1 Å². The molecule has 110 valence electrons. The van der Waals surface area contributed by atoms with Crippen LogP contribution in [0.1, 0.15) is 34.5 Å². The molecule has 1 aliphatic rings. The fourth-order valence-electron chi connectivity index (χ4n) is 2.63. The molecule has 0 atom stereocenters. The topological polar surface area (TPSA) is 76.2 Å². The van der Waals surface area contributed by atoms with Gasteiger partial charge in [0, 0.05) is 5.69 Å². The summed E-state index contributed by atoms with van der Waals surface area (Å²) in [5.74, 6) is 0.446. The average Bonchev–Trinajstić information content (AvgIpc) is 2.91. The molecule has 1 heterocycles. The molecule has 0 unspecified atom stereocenters. The lowest BCUT2D eigenvalue weighted by atomic mass is 9.90. The Labute approximate surface area is 128 Å². The van der Waals surface area contributed by atoms with Gasteiger partial charge in [0.1, 0.15) is 0 Å². The summed E-state index contributed by atoms with van der Waals surface area (Å²) in [7, 11) is 0. The maximum absolute atomic E-state index is 6.01. The summed E-state index contributed by atoms with van der Waals surface area (Å²) >= 11 is 1.37. The largest absolute Gasteiger partial charge is 0.370 e. The Morgan fingerprint density at radius 3 is 3.05 bits per heavy atom. The van der Waals surface area contributed by atoms with Gasteiger partial charge in [0.2, 0.25) is 0 Å². The summed E-state index contributed by atoms with van der Waals surface area (Å²) in [5.41, 5.74) is 10.8. The molecule has 6 heteroatoms. The van der Waals surface area contributed by atoms with Gasteiger partial charge in [0.25, 0.3) is 0 Å². The van der Waals surface area contributed by atoms with E-state index in [0.717, 1.165) is 29.1 Å². The lowest BCUT2D eigenvalue weighted by Gasteiger charge is -2.19. The SMILES string of the molecule is Cc1nnsc1CN=C(N)Nc1cccc2c1CCCC2. The van der Waals surface area contributed by atoms with Crippen molar-refractivity contribution in [2.45, 2.75) is 39.2 Å². The third-order valence-electron chi connectivity index (χ3n) is 3.80. The van der Waals surface area contributed by atoms with E-state index < -0.39 is 0 Å². The zero-order chi connectivity index (χ0) is 14.7. The summed E-state index contributed by atoms with van der Waals surface area (Å²) in [4.78, 5) is 5.44. The van der Waals surface area contributed by atoms with Crippen LogP contribution in [0.3, 0.4) is 0 Å². The maximum Gasteiger partial charge on any atom is 0.193 e. The molecule has 3 N–H and O–H groups in total. The minimum Gasteiger partial charge on any atom is -0.370 e. The number of hydrogen-bond acceptors (Lipinski definition) is 4. The van der Waals surface area contributed by atoms with Crippen LogP contribution in [0.5, 0.6) is 0 Å². The van der Waals surface area contributed by atoms with E-state index in [9.17, 15) is 0 Å². The highest BCUT2D eigenvalue weighted by Crippen LogP contribution is 2.27. The van der Waals surface area contributed by atoms with Crippen LogP contribution in [-0.4, -0.2) is 15.5 Å². The molecule has 0 radical (unpaired) electrons. The van der Waals surface area contributed by atoms with Crippen molar-refractivity contribution in [3.63, 3.8) is 0 Å². The normalized spacial score (nSPS) is 14.8. The van der Waals surface area contributed by atoms with E-state index in [1.54, 1.807) is 0 Å². The third-order valence-corrected chi connectivity index (χ3v) is 4.61. The van der Waals surface area contributed by atoms with Crippen molar-refractivity contribution in [1.29, 1.82) is 0 Å². The fourth-order valence-corrected chi connectivity index (χ4v) is 3.19. The fraction of sp³-hybridized carbons (Fsp3) is 0.400. The Balaban J connectivity index is 1.73. The molecule has 0 spiro atoms. The number of aryl methyl sites for hydroxylation is 2. The van der Waals surface area contributed by atoms with Crippen molar-refractivity contribution in [2.24, 2.45) is 10.7 Å². The van der Waals surface area contributed by atoms with Crippen molar-refractivity contribution < 1.29 is 0 Å². The Kier molecular flexibility index (Phi) is 4.15. The van der Waals surface area contributed by atoms with Gasteiger partial charge in [-0.1, -0.05) is 16.6 Å². The quantitative estimate of drug-likeness (QED) is 0.675. The number of fused-ring (bicyclic) bond motifs is 1. The van der Waals surface area contributed by atoms with Crippen LogP contribution in [0.25, 0.3) is 0 Å². The first-order chi connectivity index (χ1) is 10.2. The molecule has 1 aromatic carbocycles. The minimum atomic E-state index is 0.446. The summed E-state index contributed by atoms with van der Waals surface area (Å²) in [6.07, 6.45) is 4.80. The smallest absolute Gasteiger partial charge is 0.193 e. The van der Waals surface area contributed by atoms with E-state index in [-0.39, 0.29) is 0 Å². The Hall–Kier alpha value is -1.95. The van der Waals surface area contributed by atoms with Crippen molar-refractivity contribution >= 4 is 23.2 Å². The van der Waals surface area contributed by atoms with Crippen LogP contribution in [0, 0.1) is 6.92 Å². The van der Waals surface area contributed by atoms with E-state index in [2.05, 4.69) is 38.1 Å². The monoisotopic (exact) mass is 301 g/mol. The second-order valence-electron chi connectivity index (χ2n) is 5.26. The molecule has 0 saturated carbocycles. The van der Waals surface area contributed by atoms with Crippen LogP contribution in [0.2, 0.25) is 0 Å². The highest BCUT2D eigenvalue weighted by Gasteiger charge is 2.13. The van der Waals surface area contributed by atoms with Crippen LogP contribution in [0.4, 0.5) is 5.69 Å². The number of aromatic nitrogens is 2. The highest BCUT2D eigenvalue weighted by molar-refractivity contribution is 7.05. The van der Waals surface area contributed by atoms with E-state index in [1.165, 1.54) is 35.5 Å². The molecular weight excluding hydrogens is 282 g/mol. The predicted molar refractivity (Wildman–Crippen MR) is 86.7 cm³/mol. The van der Waals surface area contributed by atoms with Gasteiger partial charge in [-0.05, 0) is 61.3 Å². The Bertz CT molecular complexity index is 662. The van der Waals surface area contributed by atoms with E-state index in [0.29, 0.717) is 12.5 Å². The summed E-state index contributed by atoms with van der Waals surface area (Å²) in [6, 6.07) is 6.36. The predicted octanol–water partition coefficient (Wildman–Crippen LogP) is 2.65. The maximum atomic E-state index is 6.01. The first-order valence-electron chi connectivity index (χ1n) is 7.19. The van der Waals surface area contributed by atoms with Crippen molar-refractivity contribution in [2.75, 3.05) is 5.32 Å². The molecule has 1 aromatic heterocycles. The van der Waals surface area contributed by atoms with Gasteiger partial charge in [0.15, 0.2) is 5.96 Å². The molecule has 21 heavy (non-hydrogen) atoms. The number of anilines is 1. The van der Waals surface area contributed by atoms with Gasteiger partial charge in [-0.15, -0.1) is 5.10 Å². The number of nitrogens with one attached hydrogen (secondary N) is 1. The van der Waals surface area contributed by atoms with Crippen LogP contribution >= 0.6 is 11.5 Å². The standard InChI is InChI=1S/C15H19N5S/c1-10-14(21-20-19-10)9-17-15(16)18-13-8-4-6-11-5-2-3-7-12(11)13/h4,6,8H,2-3,5,7,9H2,1H3,(H3,16,17,18). The Morgan fingerprint density at radius 2 is 2.24 bits per heavy atom. The Morgan fingerprint density at radius 1 is 1.38 bits per heavy atom. The second kappa shape index (κ2) is 6.22. The second-order valence-corrected chi connectivity index (χ2v) is 6.10. The molecule has 1 aliphatic carbocycles. The summed E-state index contributed by atoms with van der Waals surface area (Å²) in [6.45, 7) is 2.46. The van der Waals surface area contributed by atoms with Crippen molar-refractivity contribution in [3.05, 3.63) is 39.9 Å². The zero-order valence-corrected chi connectivity index (χ0v) is 12.9. The van der Waals surface area contributed by atoms with E-state index in [1.807, 2.05) is 6.92 Å². The highest BCUT2D eigenvalue weighted by atomic mass is 32.1. The number of nitrogens with zero attached hydrogens (tertiary/aromatic N) is 3. The van der Waals surface area contributed by atoms with Gasteiger partial charge >= 0.3 is 0 Å². The summed E-state index contributed by atoms with van der Waals surface area (Å²) in [5, 5.41) is 7.22. The minimum absolute atomic E-state index is 0.446. The molecule has 0 amide bonds. The number of hydrogen-bond donors (Lipinski definition) is 2. The first kappa shape index (κ1) is 14.0. The van der Waals surface area contributed by atoms with Crippen LogP contribution < -0.4 is 11.1 Å². The molecule has 0 bridgehead atoms. The number of benzene rings is 1. The number of rotatable bonds is 3. The first-order valence-corrected chi connectivity index (χ1v) is 7.97. The van der Waals surface area contributed by atoms with Crippen molar-refractivity contribution in [3.8, 4) is 0 Å². The number of aliphatic imine (C=N–C) groups is 1. The zero-order valence-electron chi connectivity index (χ0n) is 12.1. The molecule has 2 aromatic rings. The molecule has 0 saturated heterocycles. The lowest BCUT2D eigenvalue weighted by molar-refractivity contribution is 0.687. The third kappa shape index (κ3) is 3.21. The van der Waals surface area contributed by atoms with Gasteiger partial charge in [-0.3, -0.25) is 0 Å². The number of guanidine groups is 1. The van der Waals surface area contributed by atoms with E-state index >= 15 is 0 Å². The van der Waals surface area contributed by atoms with Crippen LogP contribution in [-0.2, 0) is 19.4 Å². The molecule has 0 aliphatic heterocycles. The van der Waals surface area contributed by atoms with Gasteiger partial charge < -0.3 is 11.1 Å².